The van der Waals surface area contributed by atoms with Gasteiger partial charge in [0.25, 0.3) is 5.92 Å². The third-order valence-corrected chi connectivity index (χ3v) is 6.96. The number of carbonyl (C=O) groups is 1. The van der Waals surface area contributed by atoms with Crippen molar-refractivity contribution in [3.8, 4) is 0 Å². The molecule has 3 heterocycles. The predicted octanol–water partition coefficient (Wildman–Crippen LogP) is 2.61. The van der Waals surface area contributed by atoms with Crippen molar-refractivity contribution in [1.82, 2.24) is 9.97 Å². The second-order valence-corrected chi connectivity index (χ2v) is 8.64. The number of nitrogens with zero attached hydrogens (tertiary/aromatic N) is 4. The fourth-order valence-electron chi connectivity index (χ4n) is 5.14. The number of anilines is 2. The van der Waals surface area contributed by atoms with E-state index in [9.17, 15) is 18.0 Å². The van der Waals surface area contributed by atoms with Crippen molar-refractivity contribution >= 4 is 17.7 Å². The van der Waals surface area contributed by atoms with Crippen molar-refractivity contribution in [1.29, 1.82) is 0 Å². The smallest absolute Gasteiger partial charge is 0.303 e. The van der Waals surface area contributed by atoms with Gasteiger partial charge in [-0.25, -0.2) is 9.37 Å². The Morgan fingerprint density at radius 1 is 1.25 bits per heavy atom. The van der Waals surface area contributed by atoms with E-state index in [0.717, 1.165) is 0 Å². The largest absolute Gasteiger partial charge is 0.481 e. The van der Waals surface area contributed by atoms with Crippen LogP contribution < -0.4 is 9.80 Å². The molecule has 1 saturated carbocycles. The molecule has 0 bridgehead atoms. The monoisotopic (exact) mass is 396 g/mol. The maximum atomic E-state index is 14.6. The highest BCUT2D eigenvalue weighted by Crippen LogP contribution is 2.55. The van der Waals surface area contributed by atoms with Crippen LogP contribution in [0.3, 0.4) is 0 Å². The van der Waals surface area contributed by atoms with E-state index in [-0.39, 0.29) is 48.8 Å². The van der Waals surface area contributed by atoms with Crippen LogP contribution in [0, 0.1) is 17.8 Å². The van der Waals surface area contributed by atoms with Crippen LogP contribution in [0.15, 0.2) is 0 Å². The van der Waals surface area contributed by atoms with E-state index in [4.69, 9.17) is 5.11 Å². The van der Waals surface area contributed by atoms with Gasteiger partial charge in [-0.3, -0.25) is 4.79 Å². The number of carboxylic acids is 1. The molecule has 5 atom stereocenters. The Morgan fingerprint density at radius 2 is 1.96 bits per heavy atom. The molecular formula is C19H23F3N4O2. The number of rotatable bonds is 4. The number of hydrogen-bond acceptors (Lipinski definition) is 5. The fourth-order valence-corrected chi connectivity index (χ4v) is 5.14. The van der Waals surface area contributed by atoms with Crippen molar-refractivity contribution in [2.24, 2.45) is 17.8 Å². The number of piperidine rings is 1. The molecule has 5 rings (SSSR count). The van der Waals surface area contributed by atoms with Gasteiger partial charge >= 0.3 is 5.97 Å². The molecule has 1 N–H and O–H groups in total. The molecule has 4 aliphatic rings. The van der Waals surface area contributed by atoms with Gasteiger partial charge in [-0.2, -0.15) is 13.8 Å². The van der Waals surface area contributed by atoms with E-state index in [1.165, 1.54) is 0 Å². The molecule has 2 aliphatic carbocycles. The maximum Gasteiger partial charge on any atom is 0.303 e. The Labute approximate surface area is 160 Å². The SMILES string of the molecule is C[C@@H]1C(F)CN1c1nc(N2C[C@@H]3C(CC(=O)O)[C@@H]3C2)c2c(n1)C(F)(F)CCC2. The summed E-state index contributed by atoms with van der Waals surface area (Å²) in [5.41, 5.74) is 0.289. The second-order valence-electron chi connectivity index (χ2n) is 8.64. The predicted molar refractivity (Wildman–Crippen MR) is 95.5 cm³/mol. The first-order chi connectivity index (χ1) is 13.3. The molecule has 1 aromatic rings. The lowest BCUT2D eigenvalue weighted by Crippen LogP contribution is -2.57. The molecule has 0 radical (unpaired) electrons. The standard InChI is InChI=1S/C19H23F3N4O2/c1-9-14(20)8-26(9)18-23-16-10(3-2-4-19(16,21)22)17(24-18)25-6-12-11(5-15(27)28)13(12)7-25/h9,11-14H,2-8H2,1H3,(H,27,28)/t9-,11?,12-,13+,14?/m1/s1. The van der Waals surface area contributed by atoms with Crippen LogP contribution in [-0.2, 0) is 17.1 Å². The minimum atomic E-state index is -3.00. The van der Waals surface area contributed by atoms with Gasteiger partial charge < -0.3 is 14.9 Å². The van der Waals surface area contributed by atoms with E-state index in [2.05, 4.69) is 9.97 Å². The first-order valence-electron chi connectivity index (χ1n) is 9.93. The van der Waals surface area contributed by atoms with E-state index in [1.807, 2.05) is 4.90 Å². The van der Waals surface area contributed by atoms with Crippen LogP contribution >= 0.6 is 0 Å². The molecule has 0 spiro atoms. The van der Waals surface area contributed by atoms with Gasteiger partial charge in [-0.1, -0.05) is 0 Å². The van der Waals surface area contributed by atoms with E-state index < -0.39 is 24.1 Å². The average Bonchev–Trinajstić information content (AvgIpc) is 3.07. The molecule has 2 saturated heterocycles. The fraction of sp³-hybridized carbons (Fsp3) is 0.737. The third kappa shape index (κ3) is 2.65. The van der Waals surface area contributed by atoms with Crippen LogP contribution in [0.4, 0.5) is 24.9 Å². The zero-order chi connectivity index (χ0) is 19.8. The summed E-state index contributed by atoms with van der Waals surface area (Å²) in [5, 5.41) is 9.00. The minimum Gasteiger partial charge on any atom is -0.481 e. The first-order valence-corrected chi connectivity index (χ1v) is 9.93. The van der Waals surface area contributed by atoms with Crippen molar-refractivity contribution < 1.29 is 23.1 Å². The van der Waals surface area contributed by atoms with Gasteiger partial charge in [0.15, 0.2) is 0 Å². The van der Waals surface area contributed by atoms with Gasteiger partial charge in [-0.05, 0) is 37.5 Å². The lowest BCUT2D eigenvalue weighted by Gasteiger charge is -2.43. The molecule has 1 aromatic heterocycles. The second kappa shape index (κ2) is 5.97. The van der Waals surface area contributed by atoms with Crippen LogP contribution in [-0.4, -0.2) is 52.9 Å². The Hall–Kier alpha value is -2.06. The van der Waals surface area contributed by atoms with Crippen LogP contribution in [0.5, 0.6) is 0 Å². The number of aromatic nitrogens is 2. The van der Waals surface area contributed by atoms with E-state index >= 15 is 0 Å². The number of carboxylic acid groups (broad SMARTS) is 1. The number of alkyl halides is 3. The number of halogens is 3. The van der Waals surface area contributed by atoms with Gasteiger partial charge in [-0.15, -0.1) is 0 Å². The van der Waals surface area contributed by atoms with Crippen molar-refractivity contribution in [3.05, 3.63) is 11.3 Å². The minimum absolute atomic E-state index is 0.122. The molecule has 6 nitrogen and oxygen atoms in total. The van der Waals surface area contributed by atoms with Gasteiger partial charge in [0.2, 0.25) is 5.95 Å². The average molecular weight is 396 g/mol. The molecule has 2 aliphatic heterocycles. The highest BCUT2D eigenvalue weighted by molar-refractivity contribution is 5.68. The molecule has 0 aromatic carbocycles. The summed E-state index contributed by atoms with van der Waals surface area (Å²) in [6, 6.07) is -0.421. The quantitative estimate of drug-likeness (QED) is 0.844. The lowest BCUT2D eigenvalue weighted by molar-refractivity contribution is -0.137. The van der Waals surface area contributed by atoms with Crippen molar-refractivity contribution in [2.75, 3.05) is 29.4 Å². The van der Waals surface area contributed by atoms with Crippen molar-refractivity contribution in [3.63, 3.8) is 0 Å². The molecule has 3 fully saturated rings. The summed E-state index contributed by atoms with van der Waals surface area (Å²) >= 11 is 0. The Kier molecular flexibility index (Phi) is 3.84. The molecule has 152 valence electrons. The summed E-state index contributed by atoms with van der Waals surface area (Å²) in [7, 11) is 0. The van der Waals surface area contributed by atoms with Crippen LogP contribution in [0.2, 0.25) is 0 Å². The molecule has 0 amide bonds. The number of hydrogen-bond donors (Lipinski definition) is 1. The molecule has 9 heteroatoms. The third-order valence-electron chi connectivity index (χ3n) is 6.96. The van der Waals surface area contributed by atoms with Gasteiger partial charge in [0.1, 0.15) is 17.7 Å². The van der Waals surface area contributed by atoms with E-state index in [0.29, 0.717) is 37.3 Å². The lowest BCUT2D eigenvalue weighted by atomic mass is 9.92. The topological polar surface area (TPSA) is 69.6 Å². The van der Waals surface area contributed by atoms with Crippen LogP contribution in [0.25, 0.3) is 0 Å². The van der Waals surface area contributed by atoms with Gasteiger partial charge in [0, 0.05) is 31.5 Å². The zero-order valence-corrected chi connectivity index (χ0v) is 15.6. The summed E-state index contributed by atoms with van der Waals surface area (Å²) in [6.45, 7) is 3.10. The number of aliphatic carboxylic acids is 1. The normalized spacial score (nSPS) is 35.2. The van der Waals surface area contributed by atoms with Crippen molar-refractivity contribution in [2.45, 2.75) is 50.7 Å². The Morgan fingerprint density at radius 3 is 2.57 bits per heavy atom. The highest BCUT2D eigenvalue weighted by Gasteiger charge is 2.57. The molecule has 28 heavy (non-hydrogen) atoms. The molecular weight excluding hydrogens is 373 g/mol. The van der Waals surface area contributed by atoms with E-state index in [1.54, 1.807) is 11.8 Å². The highest BCUT2D eigenvalue weighted by atomic mass is 19.3. The van der Waals surface area contributed by atoms with Crippen LogP contribution in [0.1, 0.15) is 37.4 Å². The summed E-state index contributed by atoms with van der Waals surface area (Å²) in [6.07, 6.45) is -0.183. The maximum absolute atomic E-state index is 14.6. The van der Waals surface area contributed by atoms with Gasteiger partial charge in [0.05, 0.1) is 12.6 Å². The Balaban J connectivity index is 1.47. The molecule has 2 unspecified atom stereocenters. The zero-order valence-electron chi connectivity index (χ0n) is 15.6. The summed E-state index contributed by atoms with van der Waals surface area (Å²) < 4.78 is 42.9. The first kappa shape index (κ1) is 18.0. The Bertz CT molecular complexity index is 824. The summed E-state index contributed by atoms with van der Waals surface area (Å²) in [4.78, 5) is 23.4. The summed E-state index contributed by atoms with van der Waals surface area (Å²) in [5.74, 6) is -2.33. The number of fused-ring (bicyclic) bond motifs is 2.